The predicted octanol–water partition coefficient (Wildman–Crippen LogP) is 2.57. The maximum Gasteiger partial charge on any atom is 0.240 e. The van der Waals surface area contributed by atoms with E-state index in [4.69, 9.17) is 5.73 Å². The molecule has 1 unspecified atom stereocenters. The third-order valence-electron chi connectivity index (χ3n) is 3.88. The van der Waals surface area contributed by atoms with Crippen molar-refractivity contribution >= 4 is 27.5 Å². The quantitative estimate of drug-likeness (QED) is 0.787. The molecule has 1 aliphatic rings. The summed E-state index contributed by atoms with van der Waals surface area (Å²) in [7, 11) is -3.49. The fourth-order valence-corrected chi connectivity index (χ4v) is 5.41. The number of nitrogens with one attached hydrogen (secondary N) is 1. The summed E-state index contributed by atoms with van der Waals surface area (Å²) < 4.78 is 28.0. The molecule has 1 heterocycles. The molecule has 1 aliphatic heterocycles. The van der Waals surface area contributed by atoms with Gasteiger partial charge in [0.2, 0.25) is 10.0 Å². The molecule has 0 radical (unpaired) electrons. The molecule has 0 spiro atoms. The van der Waals surface area contributed by atoms with Gasteiger partial charge in [-0.25, -0.2) is 13.1 Å². The van der Waals surface area contributed by atoms with Gasteiger partial charge in [-0.2, -0.15) is 11.8 Å². The van der Waals surface area contributed by atoms with E-state index in [0.29, 0.717) is 28.8 Å². The summed E-state index contributed by atoms with van der Waals surface area (Å²) in [5.74, 6) is 1.13. The smallest absolute Gasteiger partial charge is 0.240 e. The van der Waals surface area contributed by atoms with Crippen LogP contribution in [0.15, 0.2) is 17.0 Å². The molecule has 3 N–H and O–H groups in total. The molecule has 0 aliphatic carbocycles. The van der Waals surface area contributed by atoms with E-state index in [0.717, 1.165) is 29.7 Å². The van der Waals surface area contributed by atoms with E-state index in [1.165, 1.54) is 6.42 Å². The maximum atomic E-state index is 12.6. The standard InChI is InChI=1S/C15H24N2O2S2/c1-3-11-8-14(16)13(4-2)15(9-11)21(18,19)17-10-12-6-5-7-20-12/h8-9,12,17H,3-7,10,16H2,1-2H3. The number of nitrogens with two attached hydrogens (primary N) is 1. The third kappa shape index (κ3) is 3.93. The van der Waals surface area contributed by atoms with E-state index in [2.05, 4.69) is 4.72 Å². The first-order valence-electron chi connectivity index (χ1n) is 7.50. The molecule has 0 saturated carbocycles. The van der Waals surface area contributed by atoms with Gasteiger partial charge in [-0.05, 0) is 54.7 Å². The summed E-state index contributed by atoms with van der Waals surface area (Å²) in [6.07, 6.45) is 3.65. The van der Waals surface area contributed by atoms with Crippen molar-refractivity contribution in [1.82, 2.24) is 4.72 Å². The van der Waals surface area contributed by atoms with Crippen LogP contribution >= 0.6 is 11.8 Å². The number of nitrogen functional groups attached to an aromatic ring is 1. The Hall–Kier alpha value is -0.720. The van der Waals surface area contributed by atoms with Crippen LogP contribution in [0.25, 0.3) is 0 Å². The molecule has 1 aromatic rings. The van der Waals surface area contributed by atoms with Crippen molar-refractivity contribution in [3.05, 3.63) is 23.3 Å². The van der Waals surface area contributed by atoms with Crippen LogP contribution in [0.5, 0.6) is 0 Å². The summed E-state index contributed by atoms with van der Waals surface area (Å²) in [5, 5.41) is 0.400. The highest BCUT2D eigenvalue weighted by Gasteiger charge is 2.23. The van der Waals surface area contributed by atoms with Gasteiger partial charge in [0, 0.05) is 17.5 Å². The van der Waals surface area contributed by atoms with Gasteiger partial charge in [-0.15, -0.1) is 0 Å². The zero-order chi connectivity index (χ0) is 15.5. The predicted molar refractivity (Wildman–Crippen MR) is 90.3 cm³/mol. The topological polar surface area (TPSA) is 72.2 Å². The van der Waals surface area contributed by atoms with E-state index in [-0.39, 0.29) is 0 Å². The first-order valence-corrected chi connectivity index (χ1v) is 10.0. The second-order valence-electron chi connectivity index (χ2n) is 5.36. The highest BCUT2D eigenvalue weighted by atomic mass is 32.2. The zero-order valence-electron chi connectivity index (χ0n) is 12.7. The van der Waals surface area contributed by atoms with E-state index >= 15 is 0 Å². The molecule has 0 aromatic heterocycles. The average Bonchev–Trinajstić information content (AvgIpc) is 2.97. The van der Waals surface area contributed by atoms with Crippen LogP contribution in [0.3, 0.4) is 0 Å². The van der Waals surface area contributed by atoms with Crippen LogP contribution in [0.1, 0.15) is 37.8 Å². The zero-order valence-corrected chi connectivity index (χ0v) is 14.3. The van der Waals surface area contributed by atoms with Crippen molar-refractivity contribution in [3.8, 4) is 0 Å². The van der Waals surface area contributed by atoms with Gasteiger partial charge in [0.25, 0.3) is 0 Å². The van der Waals surface area contributed by atoms with Gasteiger partial charge < -0.3 is 5.73 Å². The molecule has 4 nitrogen and oxygen atoms in total. The number of anilines is 1. The van der Waals surface area contributed by atoms with Crippen molar-refractivity contribution in [3.63, 3.8) is 0 Å². The van der Waals surface area contributed by atoms with Crippen LogP contribution in [0.4, 0.5) is 5.69 Å². The first kappa shape index (κ1) is 16.6. The molecule has 2 rings (SSSR count). The third-order valence-corrected chi connectivity index (χ3v) is 6.77. The summed E-state index contributed by atoms with van der Waals surface area (Å²) in [5.41, 5.74) is 8.28. The minimum Gasteiger partial charge on any atom is -0.398 e. The van der Waals surface area contributed by atoms with E-state index in [1.54, 1.807) is 6.07 Å². The number of rotatable bonds is 6. The maximum absolute atomic E-state index is 12.6. The average molecular weight is 329 g/mol. The van der Waals surface area contributed by atoms with Gasteiger partial charge >= 0.3 is 0 Å². The van der Waals surface area contributed by atoms with Crippen LogP contribution in [-0.4, -0.2) is 26.0 Å². The fraction of sp³-hybridized carbons (Fsp3) is 0.600. The molecule has 21 heavy (non-hydrogen) atoms. The molecule has 0 amide bonds. The SMILES string of the molecule is CCc1cc(N)c(CC)c(S(=O)(=O)NCC2CCCS2)c1. The normalized spacial score (nSPS) is 19.0. The number of sulfonamides is 1. The van der Waals surface area contributed by atoms with Crippen molar-refractivity contribution in [2.45, 2.75) is 49.7 Å². The number of thioether (sulfide) groups is 1. The Morgan fingerprint density at radius 2 is 2.10 bits per heavy atom. The molecule has 1 atom stereocenters. The highest BCUT2D eigenvalue weighted by Crippen LogP contribution is 2.28. The molecular formula is C15H24N2O2S2. The summed E-state index contributed by atoms with van der Waals surface area (Å²) in [6, 6.07) is 3.64. The lowest BCUT2D eigenvalue weighted by molar-refractivity contribution is 0.578. The fourth-order valence-electron chi connectivity index (χ4n) is 2.63. The molecule has 118 valence electrons. The second kappa shape index (κ2) is 7.03. The lowest BCUT2D eigenvalue weighted by atomic mass is 10.1. The van der Waals surface area contributed by atoms with Gasteiger partial charge in [0.05, 0.1) is 4.90 Å². The van der Waals surface area contributed by atoms with Crippen molar-refractivity contribution in [2.75, 3.05) is 18.0 Å². The lowest BCUT2D eigenvalue weighted by Gasteiger charge is -2.16. The van der Waals surface area contributed by atoms with Crippen LogP contribution in [0.2, 0.25) is 0 Å². The van der Waals surface area contributed by atoms with Gasteiger partial charge in [-0.3, -0.25) is 0 Å². The molecule has 1 aromatic carbocycles. The van der Waals surface area contributed by atoms with E-state index < -0.39 is 10.0 Å². The summed E-state index contributed by atoms with van der Waals surface area (Å²) in [4.78, 5) is 0.352. The van der Waals surface area contributed by atoms with Crippen molar-refractivity contribution in [2.24, 2.45) is 0 Å². The van der Waals surface area contributed by atoms with Crippen molar-refractivity contribution < 1.29 is 8.42 Å². The monoisotopic (exact) mass is 328 g/mol. The van der Waals surface area contributed by atoms with Crippen LogP contribution < -0.4 is 10.5 Å². The Morgan fingerprint density at radius 1 is 1.33 bits per heavy atom. The Morgan fingerprint density at radius 3 is 2.67 bits per heavy atom. The Kier molecular flexibility index (Phi) is 5.57. The van der Waals surface area contributed by atoms with Crippen LogP contribution in [0, 0.1) is 0 Å². The lowest BCUT2D eigenvalue weighted by Crippen LogP contribution is -2.30. The summed E-state index contributed by atoms with van der Waals surface area (Å²) >= 11 is 1.85. The largest absolute Gasteiger partial charge is 0.398 e. The van der Waals surface area contributed by atoms with E-state index in [1.807, 2.05) is 31.7 Å². The van der Waals surface area contributed by atoms with Gasteiger partial charge in [0.1, 0.15) is 0 Å². The number of benzene rings is 1. The summed E-state index contributed by atoms with van der Waals surface area (Å²) in [6.45, 7) is 4.44. The van der Waals surface area contributed by atoms with E-state index in [9.17, 15) is 8.42 Å². The van der Waals surface area contributed by atoms with Crippen LogP contribution in [-0.2, 0) is 22.9 Å². The minimum absolute atomic E-state index is 0.352. The Bertz CT molecular complexity index is 594. The minimum atomic E-state index is -3.49. The number of aryl methyl sites for hydroxylation is 1. The molecule has 1 fully saturated rings. The Labute approximate surface area is 131 Å². The number of hydrogen-bond acceptors (Lipinski definition) is 4. The molecular weight excluding hydrogens is 304 g/mol. The van der Waals surface area contributed by atoms with Gasteiger partial charge in [0.15, 0.2) is 0 Å². The highest BCUT2D eigenvalue weighted by molar-refractivity contribution is 8.00. The Balaban J connectivity index is 2.27. The number of hydrogen-bond donors (Lipinski definition) is 2. The molecule has 1 saturated heterocycles. The van der Waals surface area contributed by atoms with Crippen molar-refractivity contribution in [1.29, 1.82) is 0 Å². The van der Waals surface area contributed by atoms with Gasteiger partial charge in [-0.1, -0.05) is 13.8 Å². The first-order chi connectivity index (χ1) is 9.97. The molecule has 0 bridgehead atoms. The molecule has 6 heteroatoms. The second-order valence-corrected chi connectivity index (χ2v) is 8.50.